The number of guanidine groups is 1. The fourth-order valence-corrected chi connectivity index (χ4v) is 2.37. The van der Waals surface area contributed by atoms with Crippen LogP contribution in [0.1, 0.15) is 57.4 Å². The summed E-state index contributed by atoms with van der Waals surface area (Å²) in [6.07, 6.45) is 1.80. The Bertz CT molecular complexity index is 721. The summed E-state index contributed by atoms with van der Waals surface area (Å²) in [7, 11) is 0. The lowest BCUT2D eigenvalue weighted by Crippen LogP contribution is -2.36. The number of oxazole rings is 1. The first-order valence-corrected chi connectivity index (χ1v) is 9.55. The first-order chi connectivity index (χ1) is 12.9. The highest BCUT2D eigenvalue weighted by molar-refractivity contribution is 14.0. The van der Waals surface area contributed by atoms with Gasteiger partial charge >= 0.3 is 0 Å². The maximum Gasteiger partial charge on any atom is 0.213 e. The van der Waals surface area contributed by atoms with Crippen LogP contribution in [-0.2, 0) is 29.8 Å². The van der Waals surface area contributed by atoms with Crippen LogP contribution in [0.15, 0.2) is 39.9 Å². The Hall–Kier alpha value is -1.61. The molecule has 0 fully saturated rings. The third kappa shape index (κ3) is 8.18. The molecule has 156 valence electrons. The second kappa shape index (κ2) is 12.1. The summed E-state index contributed by atoms with van der Waals surface area (Å²) in [5.74, 6) is 2.28. The lowest BCUT2D eigenvalue weighted by molar-refractivity contribution is 0.134. The van der Waals surface area contributed by atoms with Gasteiger partial charge < -0.3 is 19.8 Å². The van der Waals surface area contributed by atoms with E-state index in [-0.39, 0.29) is 29.4 Å². The van der Waals surface area contributed by atoms with Crippen molar-refractivity contribution < 1.29 is 9.15 Å². The van der Waals surface area contributed by atoms with E-state index < -0.39 is 0 Å². The van der Waals surface area contributed by atoms with E-state index in [2.05, 4.69) is 65.6 Å². The molecule has 2 rings (SSSR count). The van der Waals surface area contributed by atoms with Crippen molar-refractivity contribution in [2.75, 3.05) is 13.2 Å². The maximum atomic E-state index is 5.82. The van der Waals surface area contributed by atoms with Gasteiger partial charge in [0.1, 0.15) is 5.76 Å². The molecule has 0 aliphatic heterocycles. The summed E-state index contributed by atoms with van der Waals surface area (Å²) >= 11 is 0. The number of benzene rings is 1. The predicted molar refractivity (Wildman–Crippen MR) is 124 cm³/mol. The summed E-state index contributed by atoms with van der Waals surface area (Å²) in [4.78, 5) is 8.98. The Morgan fingerprint density at radius 1 is 1.11 bits per heavy atom. The Morgan fingerprint density at radius 2 is 1.79 bits per heavy atom. The van der Waals surface area contributed by atoms with Gasteiger partial charge in [0.05, 0.1) is 25.9 Å². The van der Waals surface area contributed by atoms with Gasteiger partial charge in [-0.1, -0.05) is 45.0 Å². The van der Waals surface area contributed by atoms with Crippen LogP contribution in [0.4, 0.5) is 0 Å². The molecule has 0 bridgehead atoms. The predicted octanol–water partition coefficient (Wildman–Crippen LogP) is 4.38. The zero-order chi connectivity index (χ0) is 19.7. The van der Waals surface area contributed by atoms with E-state index >= 15 is 0 Å². The van der Waals surface area contributed by atoms with Gasteiger partial charge in [-0.2, -0.15) is 0 Å². The van der Waals surface area contributed by atoms with Crippen LogP contribution in [0.2, 0.25) is 0 Å². The molecule has 0 amide bonds. The number of ether oxygens (including phenoxy) is 1. The van der Waals surface area contributed by atoms with Gasteiger partial charge in [-0.3, -0.25) is 0 Å². The summed E-state index contributed by atoms with van der Waals surface area (Å²) in [6, 6.07) is 8.35. The summed E-state index contributed by atoms with van der Waals surface area (Å²) in [5.41, 5.74) is 2.28. The molecule has 0 saturated heterocycles. The molecule has 28 heavy (non-hydrogen) atoms. The number of hydrogen-bond donors (Lipinski definition) is 2. The number of halogens is 1. The monoisotopic (exact) mass is 500 g/mol. The lowest BCUT2D eigenvalue weighted by Gasteiger charge is -2.13. The zero-order valence-corrected chi connectivity index (χ0v) is 19.9. The molecular formula is C21H33IN4O2. The van der Waals surface area contributed by atoms with Crippen LogP contribution in [-0.4, -0.2) is 24.1 Å². The summed E-state index contributed by atoms with van der Waals surface area (Å²) in [6.45, 7) is 13.6. The fourth-order valence-electron chi connectivity index (χ4n) is 2.37. The van der Waals surface area contributed by atoms with Crippen molar-refractivity contribution in [2.24, 2.45) is 4.99 Å². The van der Waals surface area contributed by atoms with E-state index in [0.717, 1.165) is 30.4 Å². The van der Waals surface area contributed by atoms with E-state index in [9.17, 15) is 0 Å². The number of aliphatic imine (C=N–C) groups is 1. The second-order valence-corrected chi connectivity index (χ2v) is 7.37. The Kier molecular flexibility index (Phi) is 10.5. The van der Waals surface area contributed by atoms with Crippen LogP contribution in [0.25, 0.3) is 0 Å². The standard InChI is InChI=1S/C21H32N4O2.HI/c1-6-22-20(25-14-19-23-13-18(27-19)21(3,4)5)24-12-16-8-10-17(11-9-16)15-26-7-2;/h8-11,13H,6-7,12,14-15H2,1-5H3,(H2,22,24,25);1H. The molecule has 7 heteroatoms. The lowest BCUT2D eigenvalue weighted by atomic mass is 9.94. The molecule has 1 aromatic carbocycles. The van der Waals surface area contributed by atoms with E-state index in [1.54, 1.807) is 6.20 Å². The molecule has 1 heterocycles. The van der Waals surface area contributed by atoms with Crippen LogP contribution < -0.4 is 10.6 Å². The molecule has 0 aliphatic rings. The van der Waals surface area contributed by atoms with E-state index in [1.807, 2.05) is 13.8 Å². The quantitative estimate of drug-likeness (QED) is 0.320. The molecule has 0 radical (unpaired) electrons. The largest absolute Gasteiger partial charge is 0.443 e. The van der Waals surface area contributed by atoms with E-state index in [1.165, 1.54) is 5.56 Å². The molecule has 6 nitrogen and oxygen atoms in total. The smallest absolute Gasteiger partial charge is 0.213 e. The van der Waals surface area contributed by atoms with Gasteiger partial charge in [-0.25, -0.2) is 9.98 Å². The molecule has 0 unspecified atom stereocenters. The van der Waals surface area contributed by atoms with Gasteiger partial charge in [0.25, 0.3) is 0 Å². The fraction of sp³-hybridized carbons (Fsp3) is 0.524. The number of nitrogens with one attached hydrogen (secondary N) is 2. The third-order valence-corrected chi connectivity index (χ3v) is 3.96. The van der Waals surface area contributed by atoms with E-state index in [0.29, 0.717) is 25.6 Å². The molecule has 2 aromatic rings. The Balaban J connectivity index is 0.00000392. The highest BCUT2D eigenvalue weighted by atomic mass is 127. The molecular weight excluding hydrogens is 467 g/mol. The Morgan fingerprint density at radius 3 is 2.36 bits per heavy atom. The van der Waals surface area contributed by atoms with Crippen LogP contribution in [0.5, 0.6) is 0 Å². The average Bonchev–Trinajstić information content (AvgIpc) is 3.12. The second-order valence-electron chi connectivity index (χ2n) is 7.37. The normalized spacial score (nSPS) is 11.8. The van der Waals surface area contributed by atoms with Crippen molar-refractivity contribution in [2.45, 2.75) is 59.7 Å². The van der Waals surface area contributed by atoms with Crippen molar-refractivity contribution in [3.8, 4) is 0 Å². The third-order valence-electron chi connectivity index (χ3n) is 3.96. The Labute approximate surface area is 185 Å². The van der Waals surface area contributed by atoms with Gasteiger partial charge in [-0.15, -0.1) is 24.0 Å². The molecule has 0 atom stereocenters. The average molecular weight is 500 g/mol. The van der Waals surface area contributed by atoms with Crippen molar-refractivity contribution in [3.63, 3.8) is 0 Å². The maximum absolute atomic E-state index is 5.82. The molecule has 2 N–H and O–H groups in total. The van der Waals surface area contributed by atoms with Crippen molar-refractivity contribution in [3.05, 3.63) is 53.2 Å². The minimum absolute atomic E-state index is 0. The molecule has 0 spiro atoms. The van der Waals surface area contributed by atoms with Gasteiger partial charge in [-0.05, 0) is 25.0 Å². The van der Waals surface area contributed by atoms with Crippen molar-refractivity contribution >= 4 is 29.9 Å². The SMILES string of the molecule is CCNC(=NCc1ccc(COCC)cc1)NCc1ncc(C(C)(C)C)o1.I. The number of aromatic nitrogens is 1. The topological polar surface area (TPSA) is 71.7 Å². The highest BCUT2D eigenvalue weighted by Gasteiger charge is 2.19. The molecule has 0 saturated carbocycles. The molecule has 0 aliphatic carbocycles. The zero-order valence-electron chi connectivity index (χ0n) is 17.5. The van der Waals surface area contributed by atoms with Crippen LogP contribution >= 0.6 is 24.0 Å². The van der Waals surface area contributed by atoms with Crippen molar-refractivity contribution in [1.82, 2.24) is 15.6 Å². The number of nitrogens with zero attached hydrogens (tertiary/aromatic N) is 2. The molecule has 1 aromatic heterocycles. The summed E-state index contributed by atoms with van der Waals surface area (Å²) in [5, 5.41) is 6.52. The summed E-state index contributed by atoms with van der Waals surface area (Å²) < 4.78 is 11.2. The minimum atomic E-state index is -0.0435. The number of hydrogen-bond acceptors (Lipinski definition) is 4. The van der Waals surface area contributed by atoms with Gasteiger partial charge in [0, 0.05) is 18.6 Å². The van der Waals surface area contributed by atoms with Gasteiger partial charge in [0.2, 0.25) is 5.89 Å². The first kappa shape index (κ1) is 24.4. The van der Waals surface area contributed by atoms with Crippen LogP contribution in [0.3, 0.4) is 0 Å². The van der Waals surface area contributed by atoms with Gasteiger partial charge in [0.15, 0.2) is 5.96 Å². The van der Waals surface area contributed by atoms with Crippen molar-refractivity contribution in [1.29, 1.82) is 0 Å². The minimum Gasteiger partial charge on any atom is -0.443 e. The van der Waals surface area contributed by atoms with E-state index in [4.69, 9.17) is 9.15 Å². The number of rotatable bonds is 8. The van der Waals surface area contributed by atoms with Crippen LogP contribution in [0, 0.1) is 0 Å². The first-order valence-electron chi connectivity index (χ1n) is 9.55. The highest BCUT2D eigenvalue weighted by Crippen LogP contribution is 2.22.